The fraction of sp³-hybridized carbons (Fsp3) is 0.600. The Balaban J connectivity index is 2.47. The van der Waals surface area contributed by atoms with Gasteiger partial charge in [-0.15, -0.1) is 0 Å². The molecule has 1 fully saturated rings. The summed E-state index contributed by atoms with van der Waals surface area (Å²) < 4.78 is 11.0. The minimum absolute atomic E-state index is 0.324. The maximum absolute atomic E-state index is 6.66. The van der Waals surface area contributed by atoms with Crippen molar-refractivity contribution in [3.8, 4) is 11.5 Å². The van der Waals surface area contributed by atoms with Crippen LogP contribution in [0.1, 0.15) is 38.2 Å². The molecular formula is C15H23NO2. The molecule has 3 heteroatoms. The fourth-order valence-electron chi connectivity index (χ4n) is 3.16. The molecule has 0 amide bonds. The summed E-state index contributed by atoms with van der Waals surface area (Å²) in [5.74, 6) is 2.33. The highest BCUT2D eigenvalue weighted by molar-refractivity contribution is 5.49. The van der Waals surface area contributed by atoms with Gasteiger partial charge in [0.05, 0.1) is 19.8 Å². The van der Waals surface area contributed by atoms with Crippen LogP contribution in [-0.4, -0.2) is 14.2 Å². The van der Waals surface area contributed by atoms with E-state index in [9.17, 15) is 0 Å². The lowest BCUT2D eigenvalue weighted by Gasteiger charge is -2.38. The highest BCUT2D eigenvalue weighted by Gasteiger charge is 2.37. The molecule has 2 N–H and O–H groups in total. The van der Waals surface area contributed by atoms with E-state index in [1.54, 1.807) is 14.2 Å². The molecule has 0 aliphatic heterocycles. The van der Waals surface area contributed by atoms with Crippen LogP contribution in [0.15, 0.2) is 18.2 Å². The first kappa shape index (κ1) is 13.2. The molecule has 1 saturated carbocycles. The molecule has 18 heavy (non-hydrogen) atoms. The Morgan fingerprint density at radius 3 is 2.33 bits per heavy atom. The predicted molar refractivity (Wildman–Crippen MR) is 73.0 cm³/mol. The number of benzene rings is 1. The van der Waals surface area contributed by atoms with Gasteiger partial charge in [-0.1, -0.05) is 25.8 Å². The van der Waals surface area contributed by atoms with Crippen LogP contribution < -0.4 is 15.2 Å². The molecule has 0 saturated heterocycles. The Labute approximate surface area is 109 Å². The van der Waals surface area contributed by atoms with Gasteiger partial charge in [0.2, 0.25) is 0 Å². The molecule has 0 heterocycles. The van der Waals surface area contributed by atoms with Crippen LogP contribution in [0.5, 0.6) is 11.5 Å². The van der Waals surface area contributed by atoms with Crippen molar-refractivity contribution in [1.82, 2.24) is 0 Å². The second kappa shape index (κ2) is 5.19. The first-order valence-electron chi connectivity index (χ1n) is 6.61. The van der Waals surface area contributed by atoms with Crippen molar-refractivity contribution in [2.75, 3.05) is 14.2 Å². The van der Waals surface area contributed by atoms with Crippen LogP contribution >= 0.6 is 0 Å². The average Bonchev–Trinajstić information content (AvgIpc) is 2.37. The van der Waals surface area contributed by atoms with Crippen molar-refractivity contribution < 1.29 is 9.47 Å². The second-order valence-electron chi connectivity index (χ2n) is 5.40. The van der Waals surface area contributed by atoms with E-state index in [2.05, 4.69) is 6.92 Å². The van der Waals surface area contributed by atoms with Crippen LogP contribution in [0.2, 0.25) is 0 Å². The van der Waals surface area contributed by atoms with Crippen molar-refractivity contribution in [2.45, 2.75) is 38.1 Å². The van der Waals surface area contributed by atoms with E-state index in [0.29, 0.717) is 5.92 Å². The smallest absolute Gasteiger partial charge is 0.127 e. The highest BCUT2D eigenvalue weighted by atomic mass is 16.5. The number of rotatable bonds is 3. The number of nitrogens with two attached hydrogens (primary N) is 1. The second-order valence-corrected chi connectivity index (χ2v) is 5.40. The molecule has 0 radical (unpaired) electrons. The van der Waals surface area contributed by atoms with Crippen molar-refractivity contribution in [3.63, 3.8) is 0 Å². The molecule has 2 unspecified atom stereocenters. The average molecular weight is 249 g/mol. The monoisotopic (exact) mass is 249 g/mol. The van der Waals surface area contributed by atoms with E-state index in [1.165, 1.54) is 12.8 Å². The molecule has 100 valence electrons. The number of methoxy groups -OCH3 is 2. The maximum atomic E-state index is 6.66. The van der Waals surface area contributed by atoms with Crippen LogP contribution in [0.4, 0.5) is 0 Å². The maximum Gasteiger partial charge on any atom is 0.127 e. The summed E-state index contributed by atoms with van der Waals surface area (Å²) in [6.45, 7) is 2.27. The van der Waals surface area contributed by atoms with E-state index in [1.807, 2.05) is 18.2 Å². The van der Waals surface area contributed by atoms with Gasteiger partial charge >= 0.3 is 0 Å². The molecule has 0 spiro atoms. The van der Waals surface area contributed by atoms with Gasteiger partial charge in [-0.05, 0) is 30.9 Å². The molecule has 1 aliphatic carbocycles. The third-order valence-electron chi connectivity index (χ3n) is 3.96. The van der Waals surface area contributed by atoms with E-state index in [0.717, 1.165) is 29.9 Å². The van der Waals surface area contributed by atoms with E-state index in [4.69, 9.17) is 15.2 Å². The Morgan fingerprint density at radius 2 is 1.83 bits per heavy atom. The first-order chi connectivity index (χ1) is 8.60. The van der Waals surface area contributed by atoms with Gasteiger partial charge in [0, 0.05) is 5.54 Å². The summed E-state index contributed by atoms with van der Waals surface area (Å²) in [6.07, 6.45) is 4.41. The molecule has 1 aromatic carbocycles. The predicted octanol–water partition coefficient (Wildman–Crippen LogP) is 3.07. The molecule has 3 nitrogen and oxygen atoms in total. The zero-order valence-electron chi connectivity index (χ0n) is 11.5. The van der Waals surface area contributed by atoms with E-state index < -0.39 is 0 Å². The summed E-state index contributed by atoms with van der Waals surface area (Å²) in [5.41, 5.74) is 7.37. The summed E-state index contributed by atoms with van der Waals surface area (Å²) in [6, 6.07) is 5.87. The Kier molecular flexibility index (Phi) is 3.81. The largest absolute Gasteiger partial charge is 0.496 e. The molecule has 2 atom stereocenters. The lowest BCUT2D eigenvalue weighted by Crippen LogP contribution is -2.41. The molecule has 2 rings (SSSR count). The Bertz CT molecular complexity index is 397. The van der Waals surface area contributed by atoms with Gasteiger partial charge in [-0.2, -0.15) is 0 Å². The van der Waals surface area contributed by atoms with Crippen LogP contribution in [0.3, 0.4) is 0 Å². The number of hydrogen-bond donors (Lipinski definition) is 1. The Morgan fingerprint density at radius 1 is 1.22 bits per heavy atom. The SMILES string of the molecule is COc1cccc(OC)c1C1(N)CCCC(C)C1. The van der Waals surface area contributed by atoms with Gasteiger partial charge in [0.1, 0.15) is 11.5 Å². The third kappa shape index (κ3) is 2.32. The topological polar surface area (TPSA) is 44.5 Å². The van der Waals surface area contributed by atoms with Gasteiger partial charge < -0.3 is 15.2 Å². The number of hydrogen-bond acceptors (Lipinski definition) is 3. The quantitative estimate of drug-likeness (QED) is 0.895. The van der Waals surface area contributed by atoms with Crippen LogP contribution in [-0.2, 0) is 5.54 Å². The summed E-state index contributed by atoms with van der Waals surface area (Å²) in [5, 5.41) is 0. The van der Waals surface area contributed by atoms with Crippen molar-refractivity contribution in [2.24, 2.45) is 11.7 Å². The zero-order chi connectivity index (χ0) is 13.2. The Hall–Kier alpha value is -1.22. The zero-order valence-corrected chi connectivity index (χ0v) is 11.5. The minimum Gasteiger partial charge on any atom is -0.496 e. The van der Waals surface area contributed by atoms with Crippen LogP contribution in [0, 0.1) is 5.92 Å². The lowest BCUT2D eigenvalue weighted by atomic mass is 9.72. The van der Waals surface area contributed by atoms with Crippen molar-refractivity contribution in [1.29, 1.82) is 0 Å². The summed E-state index contributed by atoms with van der Waals surface area (Å²) in [4.78, 5) is 0. The minimum atomic E-state index is -0.324. The van der Waals surface area contributed by atoms with E-state index in [-0.39, 0.29) is 5.54 Å². The summed E-state index contributed by atoms with van der Waals surface area (Å²) in [7, 11) is 3.38. The van der Waals surface area contributed by atoms with E-state index >= 15 is 0 Å². The first-order valence-corrected chi connectivity index (χ1v) is 6.61. The molecular weight excluding hydrogens is 226 g/mol. The number of ether oxygens (including phenoxy) is 2. The lowest BCUT2D eigenvalue weighted by molar-refractivity contribution is 0.225. The van der Waals surface area contributed by atoms with Crippen molar-refractivity contribution in [3.05, 3.63) is 23.8 Å². The molecule has 0 aromatic heterocycles. The van der Waals surface area contributed by atoms with Crippen LogP contribution in [0.25, 0.3) is 0 Å². The third-order valence-corrected chi connectivity index (χ3v) is 3.96. The van der Waals surface area contributed by atoms with Crippen molar-refractivity contribution >= 4 is 0 Å². The standard InChI is InChI=1S/C15H23NO2/c1-11-6-5-9-15(16,10-11)14-12(17-2)7-4-8-13(14)18-3/h4,7-8,11H,5-6,9-10,16H2,1-3H3. The van der Waals surface area contributed by atoms with Gasteiger partial charge in [-0.25, -0.2) is 0 Å². The molecule has 1 aliphatic rings. The van der Waals surface area contributed by atoms with Gasteiger partial charge in [-0.3, -0.25) is 0 Å². The molecule has 0 bridgehead atoms. The summed E-state index contributed by atoms with van der Waals surface area (Å²) >= 11 is 0. The fourth-order valence-corrected chi connectivity index (χ4v) is 3.16. The molecule has 1 aromatic rings. The van der Waals surface area contributed by atoms with Gasteiger partial charge in [0.15, 0.2) is 0 Å². The normalized spacial score (nSPS) is 27.9. The van der Waals surface area contributed by atoms with Gasteiger partial charge in [0.25, 0.3) is 0 Å². The highest BCUT2D eigenvalue weighted by Crippen LogP contribution is 2.45.